The summed E-state index contributed by atoms with van der Waals surface area (Å²) in [6.07, 6.45) is 0.760. The van der Waals surface area contributed by atoms with Crippen LogP contribution in [0.4, 0.5) is 0 Å². The average Bonchev–Trinajstić information content (AvgIpc) is 2.20. The third kappa shape index (κ3) is 6.86. The number of nitrogens with one attached hydrogen (secondary N) is 1. The van der Waals surface area contributed by atoms with Gasteiger partial charge in [0.2, 0.25) is 0 Å². The van der Waals surface area contributed by atoms with E-state index in [9.17, 15) is 4.79 Å². The summed E-state index contributed by atoms with van der Waals surface area (Å²) in [4.78, 5) is 11.3. The van der Waals surface area contributed by atoms with Crippen LogP contribution in [-0.2, 0) is 14.3 Å². The Bertz CT molecular complexity index is 150. The normalized spacial score (nSPS) is 12.5. The SMILES string of the molecule is CCNCC(C)C(=O)OCCCOC. The van der Waals surface area contributed by atoms with Crippen molar-refractivity contribution < 1.29 is 14.3 Å². The zero-order chi connectivity index (χ0) is 10.8. The van der Waals surface area contributed by atoms with Gasteiger partial charge in [0.1, 0.15) is 0 Å². The van der Waals surface area contributed by atoms with Gasteiger partial charge in [-0.05, 0) is 6.54 Å². The molecule has 0 spiro atoms. The van der Waals surface area contributed by atoms with Crippen molar-refractivity contribution >= 4 is 5.97 Å². The van der Waals surface area contributed by atoms with E-state index in [1.165, 1.54) is 0 Å². The Morgan fingerprint density at radius 3 is 2.71 bits per heavy atom. The maximum atomic E-state index is 11.3. The molecule has 0 aliphatic rings. The highest BCUT2D eigenvalue weighted by molar-refractivity contribution is 5.72. The minimum absolute atomic E-state index is 0.0718. The predicted molar refractivity (Wildman–Crippen MR) is 55.2 cm³/mol. The topological polar surface area (TPSA) is 47.6 Å². The largest absolute Gasteiger partial charge is 0.465 e. The lowest BCUT2D eigenvalue weighted by Crippen LogP contribution is -2.28. The summed E-state index contributed by atoms with van der Waals surface area (Å²) in [7, 11) is 1.63. The zero-order valence-electron chi connectivity index (χ0n) is 9.34. The average molecular weight is 203 g/mol. The summed E-state index contributed by atoms with van der Waals surface area (Å²) in [5.41, 5.74) is 0. The van der Waals surface area contributed by atoms with Gasteiger partial charge in [0.15, 0.2) is 0 Å². The fourth-order valence-electron chi connectivity index (χ4n) is 0.962. The maximum absolute atomic E-state index is 11.3. The molecule has 4 heteroatoms. The van der Waals surface area contributed by atoms with Crippen molar-refractivity contribution in [1.82, 2.24) is 5.32 Å². The number of ether oxygens (including phenoxy) is 2. The van der Waals surface area contributed by atoms with Gasteiger partial charge >= 0.3 is 5.97 Å². The quantitative estimate of drug-likeness (QED) is 0.468. The fraction of sp³-hybridized carbons (Fsp3) is 0.900. The van der Waals surface area contributed by atoms with Gasteiger partial charge in [0, 0.05) is 26.7 Å². The summed E-state index contributed by atoms with van der Waals surface area (Å²) in [5, 5.41) is 3.10. The van der Waals surface area contributed by atoms with Crippen molar-refractivity contribution in [2.24, 2.45) is 5.92 Å². The second-order valence-corrected chi connectivity index (χ2v) is 3.22. The van der Waals surface area contributed by atoms with Crippen LogP contribution in [0.15, 0.2) is 0 Å². The minimum atomic E-state index is -0.137. The van der Waals surface area contributed by atoms with Gasteiger partial charge in [-0.15, -0.1) is 0 Å². The lowest BCUT2D eigenvalue weighted by atomic mass is 10.2. The Kier molecular flexibility index (Phi) is 8.57. The molecule has 0 bridgehead atoms. The van der Waals surface area contributed by atoms with Crippen LogP contribution in [0.1, 0.15) is 20.3 Å². The van der Waals surface area contributed by atoms with Crippen molar-refractivity contribution in [2.45, 2.75) is 20.3 Å². The van der Waals surface area contributed by atoms with Gasteiger partial charge in [0.25, 0.3) is 0 Å². The van der Waals surface area contributed by atoms with Gasteiger partial charge in [0.05, 0.1) is 12.5 Å². The molecule has 0 aliphatic heterocycles. The third-order valence-electron chi connectivity index (χ3n) is 1.84. The van der Waals surface area contributed by atoms with Gasteiger partial charge < -0.3 is 14.8 Å². The smallest absolute Gasteiger partial charge is 0.309 e. The standard InChI is InChI=1S/C10H21NO3/c1-4-11-8-9(2)10(12)14-7-5-6-13-3/h9,11H,4-8H2,1-3H3. The van der Waals surface area contributed by atoms with Crippen LogP contribution in [0.5, 0.6) is 0 Å². The first-order chi connectivity index (χ1) is 6.72. The molecule has 0 radical (unpaired) electrons. The molecule has 0 aromatic carbocycles. The number of esters is 1. The fourth-order valence-corrected chi connectivity index (χ4v) is 0.962. The van der Waals surface area contributed by atoms with Gasteiger partial charge in [-0.25, -0.2) is 0 Å². The first-order valence-electron chi connectivity index (χ1n) is 5.08. The van der Waals surface area contributed by atoms with Crippen molar-refractivity contribution in [1.29, 1.82) is 0 Å². The van der Waals surface area contributed by atoms with E-state index in [2.05, 4.69) is 5.32 Å². The monoisotopic (exact) mass is 203 g/mol. The van der Waals surface area contributed by atoms with Crippen LogP contribution in [0, 0.1) is 5.92 Å². The molecular weight excluding hydrogens is 182 g/mol. The summed E-state index contributed by atoms with van der Waals surface area (Å²) in [6.45, 7) is 6.51. The van der Waals surface area contributed by atoms with E-state index in [1.54, 1.807) is 7.11 Å². The lowest BCUT2D eigenvalue weighted by molar-refractivity contribution is -0.148. The third-order valence-corrected chi connectivity index (χ3v) is 1.84. The molecule has 0 fully saturated rings. The highest BCUT2D eigenvalue weighted by Gasteiger charge is 2.12. The van der Waals surface area contributed by atoms with Crippen LogP contribution in [-0.4, -0.2) is 39.4 Å². The molecule has 84 valence electrons. The van der Waals surface area contributed by atoms with Gasteiger partial charge in [-0.1, -0.05) is 13.8 Å². The lowest BCUT2D eigenvalue weighted by Gasteiger charge is -2.11. The van der Waals surface area contributed by atoms with Crippen LogP contribution in [0.25, 0.3) is 0 Å². The maximum Gasteiger partial charge on any atom is 0.309 e. The minimum Gasteiger partial charge on any atom is -0.465 e. The summed E-state index contributed by atoms with van der Waals surface area (Å²) >= 11 is 0. The Morgan fingerprint density at radius 2 is 2.14 bits per heavy atom. The van der Waals surface area contributed by atoms with E-state index < -0.39 is 0 Å². The van der Waals surface area contributed by atoms with Crippen molar-refractivity contribution in [2.75, 3.05) is 33.4 Å². The summed E-state index contributed by atoms with van der Waals surface area (Å²) < 4.78 is 9.89. The Balaban J connectivity index is 3.42. The number of hydrogen-bond acceptors (Lipinski definition) is 4. The second kappa shape index (κ2) is 8.97. The summed E-state index contributed by atoms with van der Waals surface area (Å²) in [6, 6.07) is 0. The molecule has 1 atom stereocenters. The van der Waals surface area contributed by atoms with Crippen LogP contribution in [0.3, 0.4) is 0 Å². The summed E-state index contributed by atoms with van der Waals surface area (Å²) in [5.74, 6) is -0.209. The molecule has 0 aromatic rings. The molecular formula is C10H21NO3. The Labute approximate surface area is 86.0 Å². The first-order valence-corrected chi connectivity index (χ1v) is 5.08. The van der Waals surface area contributed by atoms with E-state index in [0.717, 1.165) is 13.0 Å². The number of hydrogen-bond donors (Lipinski definition) is 1. The molecule has 0 amide bonds. The highest BCUT2D eigenvalue weighted by Crippen LogP contribution is 1.97. The molecule has 1 unspecified atom stereocenters. The van der Waals surface area contributed by atoms with E-state index >= 15 is 0 Å². The number of methoxy groups -OCH3 is 1. The van der Waals surface area contributed by atoms with Crippen LogP contribution >= 0.6 is 0 Å². The molecule has 0 aliphatic carbocycles. The molecule has 0 saturated heterocycles. The predicted octanol–water partition coefficient (Wildman–Crippen LogP) is 0.812. The van der Waals surface area contributed by atoms with Gasteiger partial charge in [-0.2, -0.15) is 0 Å². The second-order valence-electron chi connectivity index (χ2n) is 3.22. The van der Waals surface area contributed by atoms with Crippen molar-refractivity contribution in [3.05, 3.63) is 0 Å². The molecule has 0 heterocycles. The van der Waals surface area contributed by atoms with Crippen molar-refractivity contribution in [3.63, 3.8) is 0 Å². The zero-order valence-corrected chi connectivity index (χ0v) is 9.34. The number of carbonyl (C=O) groups excluding carboxylic acids is 1. The van der Waals surface area contributed by atoms with E-state index in [0.29, 0.717) is 19.8 Å². The van der Waals surface area contributed by atoms with Crippen molar-refractivity contribution in [3.8, 4) is 0 Å². The molecule has 0 rings (SSSR count). The molecule has 0 saturated carbocycles. The molecule has 14 heavy (non-hydrogen) atoms. The van der Waals surface area contributed by atoms with Gasteiger partial charge in [-0.3, -0.25) is 4.79 Å². The van der Waals surface area contributed by atoms with E-state index in [4.69, 9.17) is 9.47 Å². The van der Waals surface area contributed by atoms with Crippen LogP contribution in [0.2, 0.25) is 0 Å². The van der Waals surface area contributed by atoms with Crippen LogP contribution < -0.4 is 5.32 Å². The first kappa shape index (κ1) is 13.4. The molecule has 4 nitrogen and oxygen atoms in total. The Morgan fingerprint density at radius 1 is 1.43 bits per heavy atom. The highest BCUT2D eigenvalue weighted by atomic mass is 16.5. The van der Waals surface area contributed by atoms with E-state index in [-0.39, 0.29) is 11.9 Å². The number of rotatable bonds is 8. The Hall–Kier alpha value is -0.610. The molecule has 1 N–H and O–H groups in total. The molecule has 0 aromatic heterocycles. The van der Waals surface area contributed by atoms with E-state index in [1.807, 2.05) is 13.8 Å². The number of carbonyl (C=O) groups is 1.